The Hall–Kier alpha value is -0.480. The van der Waals surface area contributed by atoms with Crippen molar-refractivity contribution < 1.29 is 9.84 Å². The molecule has 0 unspecified atom stereocenters. The van der Waals surface area contributed by atoms with Gasteiger partial charge in [-0.1, -0.05) is 30.1 Å². The maximum absolute atomic E-state index is 8.94. The molecule has 18 heavy (non-hydrogen) atoms. The summed E-state index contributed by atoms with van der Waals surface area (Å²) in [6, 6.07) is 5.18. The Balaban J connectivity index is 2.39. The molecule has 0 saturated carbocycles. The summed E-state index contributed by atoms with van der Waals surface area (Å²) in [4.78, 5) is 2.16. The summed E-state index contributed by atoms with van der Waals surface area (Å²) in [7, 11) is 0. The highest BCUT2D eigenvalue weighted by molar-refractivity contribution is 6.35. The van der Waals surface area contributed by atoms with Crippen LogP contribution in [0.3, 0.4) is 0 Å². The van der Waals surface area contributed by atoms with E-state index < -0.39 is 0 Å². The first-order valence-corrected chi connectivity index (χ1v) is 6.84. The van der Waals surface area contributed by atoms with Crippen molar-refractivity contribution in [1.82, 2.24) is 4.90 Å². The molecular formula is C13H19Cl2NO2. The van der Waals surface area contributed by atoms with Gasteiger partial charge in [-0.2, -0.15) is 0 Å². The Morgan fingerprint density at radius 3 is 2.61 bits per heavy atom. The highest BCUT2D eigenvalue weighted by Crippen LogP contribution is 2.27. The standard InChI is InChI=1S/C13H19Cl2NO2/c1-2-5-16(6-8-17)7-9-18-13-4-3-11(14)10-12(13)15/h3-4,10,17H,2,5-9H2,1H3. The van der Waals surface area contributed by atoms with Crippen LogP contribution >= 0.6 is 23.2 Å². The summed E-state index contributed by atoms with van der Waals surface area (Å²) < 4.78 is 5.60. The fourth-order valence-corrected chi connectivity index (χ4v) is 2.13. The number of aliphatic hydroxyl groups is 1. The highest BCUT2D eigenvalue weighted by atomic mass is 35.5. The van der Waals surface area contributed by atoms with E-state index >= 15 is 0 Å². The third kappa shape index (κ3) is 5.44. The maximum atomic E-state index is 8.94. The van der Waals surface area contributed by atoms with E-state index in [2.05, 4.69) is 11.8 Å². The van der Waals surface area contributed by atoms with E-state index in [1.54, 1.807) is 18.2 Å². The molecular weight excluding hydrogens is 273 g/mol. The number of hydrogen-bond acceptors (Lipinski definition) is 3. The predicted octanol–water partition coefficient (Wildman–Crippen LogP) is 3.08. The van der Waals surface area contributed by atoms with Gasteiger partial charge in [0.25, 0.3) is 0 Å². The first-order valence-electron chi connectivity index (χ1n) is 6.08. The average Bonchev–Trinajstić information content (AvgIpc) is 2.32. The fourth-order valence-electron chi connectivity index (χ4n) is 1.67. The molecule has 0 fully saturated rings. The number of benzene rings is 1. The molecule has 3 nitrogen and oxygen atoms in total. The summed E-state index contributed by atoms with van der Waals surface area (Å²) in [6.07, 6.45) is 1.06. The first-order chi connectivity index (χ1) is 8.67. The molecule has 5 heteroatoms. The molecule has 0 aromatic heterocycles. The lowest BCUT2D eigenvalue weighted by molar-refractivity contribution is 0.168. The summed E-state index contributed by atoms with van der Waals surface area (Å²) in [5.74, 6) is 0.640. The molecule has 0 amide bonds. The molecule has 1 N–H and O–H groups in total. The molecule has 0 aliphatic carbocycles. The van der Waals surface area contributed by atoms with E-state index in [1.165, 1.54) is 0 Å². The van der Waals surface area contributed by atoms with Crippen LogP contribution in [0.2, 0.25) is 10.0 Å². The van der Waals surface area contributed by atoms with Crippen molar-refractivity contribution in [2.24, 2.45) is 0 Å². The normalized spacial score (nSPS) is 10.9. The van der Waals surface area contributed by atoms with Crippen LogP contribution in [0.5, 0.6) is 5.75 Å². The molecule has 0 aliphatic rings. The number of nitrogens with zero attached hydrogens (tertiary/aromatic N) is 1. The molecule has 0 saturated heterocycles. The third-order valence-corrected chi connectivity index (χ3v) is 3.05. The van der Waals surface area contributed by atoms with Crippen LogP contribution in [0.4, 0.5) is 0 Å². The van der Waals surface area contributed by atoms with Crippen LogP contribution in [0, 0.1) is 0 Å². The van der Waals surface area contributed by atoms with Gasteiger partial charge in [-0.05, 0) is 31.2 Å². The van der Waals surface area contributed by atoms with Gasteiger partial charge in [-0.25, -0.2) is 0 Å². The Morgan fingerprint density at radius 2 is 2.00 bits per heavy atom. The topological polar surface area (TPSA) is 32.7 Å². The quantitative estimate of drug-likeness (QED) is 0.799. The lowest BCUT2D eigenvalue weighted by atomic mass is 10.3. The first kappa shape index (κ1) is 15.6. The van der Waals surface area contributed by atoms with Gasteiger partial charge in [0.15, 0.2) is 0 Å². The molecule has 0 atom stereocenters. The fraction of sp³-hybridized carbons (Fsp3) is 0.538. The predicted molar refractivity (Wildman–Crippen MR) is 75.8 cm³/mol. The molecule has 1 rings (SSSR count). The van der Waals surface area contributed by atoms with Gasteiger partial charge < -0.3 is 9.84 Å². The molecule has 0 bridgehead atoms. The number of hydrogen-bond donors (Lipinski definition) is 1. The van der Waals surface area contributed by atoms with Crippen molar-refractivity contribution in [2.75, 3.05) is 32.8 Å². The second-order valence-corrected chi connectivity index (χ2v) is 4.83. The van der Waals surface area contributed by atoms with Gasteiger partial charge in [-0.15, -0.1) is 0 Å². The van der Waals surface area contributed by atoms with Crippen LogP contribution in [0.15, 0.2) is 18.2 Å². The molecule has 0 radical (unpaired) electrons. The maximum Gasteiger partial charge on any atom is 0.138 e. The Labute approximate surface area is 118 Å². The Kier molecular flexibility index (Phi) is 7.44. The summed E-state index contributed by atoms with van der Waals surface area (Å²) in [6.45, 7) is 5.22. The van der Waals surface area contributed by atoms with E-state index in [0.717, 1.165) is 19.5 Å². The molecule has 0 heterocycles. The van der Waals surface area contributed by atoms with Gasteiger partial charge in [0.2, 0.25) is 0 Å². The number of ether oxygens (including phenoxy) is 1. The summed E-state index contributed by atoms with van der Waals surface area (Å²) >= 11 is 11.8. The van der Waals surface area contributed by atoms with Crippen molar-refractivity contribution in [3.8, 4) is 5.75 Å². The highest BCUT2D eigenvalue weighted by Gasteiger charge is 2.05. The minimum Gasteiger partial charge on any atom is -0.491 e. The van der Waals surface area contributed by atoms with Gasteiger partial charge in [0.05, 0.1) is 11.6 Å². The Bertz CT molecular complexity index is 355. The zero-order valence-electron chi connectivity index (χ0n) is 10.5. The monoisotopic (exact) mass is 291 g/mol. The van der Waals surface area contributed by atoms with Crippen molar-refractivity contribution >= 4 is 23.2 Å². The molecule has 0 aliphatic heterocycles. The van der Waals surface area contributed by atoms with E-state index in [-0.39, 0.29) is 6.61 Å². The smallest absolute Gasteiger partial charge is 0.138 e. The van der Waals surface area contributed by atoms with Crippen LogP contribution in [0.25, 0.3) is 0 Å². The zero-order valence-corrected chi connectivity index (χ0v) is 12.0. The van der Waals surface area contributed by atoms with Crippen LogP contribution in [0.1, 0.15) is 13.3 Å². The minimum absolute atomic E-state index is 0.168. The van der Waals surface area contributed by atoms with Crippen LogP contribution in [-0.4, -0.2) is 42.9 Å². The van der Waals surface area contributed by atoms with Gasteiger partial charge in [0.1, 0.15) is 12.4 Å². The van der Waals surface area contributed by atoms with Crippen LogP contribution < -0.4 is 4.74 Å². The lowest BCUT2D eigenvalue weighted by Gasteiger charge is -2.20. The van der Waals surface area contributed by atoms with Gasteiger partial charge in [-0.3, -0.25) is 4.90 Å². The minimum atomic E-state index is 0.168. The van der Waals surface area contributed by atoms with Gasteiger partial charge >= 0.3 is 0 Å². The second kappa shape index (κ2) is 8.59. The van der Waals surface area contributed by atoms with Crippen molar-refractivity contribution in [1.29, 1.82) is 0 Å². The third-order valence-electron chi connectivity index (χ3n) is 2.52. The van der Waals surface area contributed by atoms with Crippen molar-refractivity contribution in [2.45, 2.75) is 13.3 Å². The molecule has 102 valence electrons. The molecule has 0 spiro atoms. The second-order valence-electron chi connectivity index (χ2n) is 3.99. The van der Waals surface area contributed by atoms with E-state index in [1.807, 2.05) is 0 Å². The zero-order chi connectivity index (χ0) is 13.4. The number of halogens is 2. The van der Waals surface area contributed by atoms with E-state index in [4.69, 9.17) is 33.0 Å². The molecule has 1 aromatic carbocycles. The number of rotatable bonds is 8. The van der Waals surface area contributed by atoms with Gasteiger partial charge in [0, 0.05) is 18.1 Å². The largest absolute Gasteiger partial charge is 0.491 e. The SMILES string of the molecule is CCCN(CCO)CCOc1ccc(Cl)cc1Cl. The number of aliphatic hydroxyl groups excluding tert-OH is 1. The van der Waals surface area contributed by atoms with Crippen molar-refractivity contribution in [3.05, 3.63) is 28.2 Å². The summed E-state index contributed by atoms with van der Waals surface area (Å²) in [5, 5.41) is 10.1. The molecule has 1 aromatic rings. The lowest BCUT2D eigenvalue weighted by Crippen LogP contribution is -2.31. The average molecular weight is 292 g/mol. The van der Waals surface area contributed by atoms with Crippen molar-refractivity contribution in [3.63, 3.8) is 0 Å². The van der Waals surface area contributed by atoms with E-state index in [0.29, 0.717) is 28.9 Å². The summed E-state index contributed by atoms with van der Waals surface area (Å²) in [5.41, 5.74) is 0. The Morgan fingerprint density at radius 1 is 1.22 bits per heavy atom. The van der Waals surface area contributed by atoms with Crippen LogP contribution in [-0.2, 0) is 0 Å². The van der Waals surface area contributed by atoms with E-state index in [9.17, 15) is 0 Å².